The Kier molecular flexibility index (Phi) is 7.95. The topological polar surface area (TPSA) is 90.9 Å². The van der Waals surface area contributed by atoms with Crippen molar-refractivity contribution in [2.24, 2.45) is 0 Å². The third-order valence-corrected chi connectivity index (χ3v) is 5.87. The SMILES string of the molecule is O=C(NC1CN(C(=O)Nc2ccc(F)cc2)CCCC1O)c1ccc(OCc2ccccc2)cc1. The van der Waals surface area contributed by atoms with Crippen molar-refractivity contribution in [1.82, 2.24) is 10.2 Å². The van der Waals surface area contributed by atoms with Crippen molar-refractivity contribution in [3.05, 3.63) is 95.8 Å². The van der Waals surface area contributed by atoms with Crippen LogP contribution in [0.2, 0.25) is 0 Å². The van der Waals surface area contributed by atoms with E-state index >= 15 is 0 Å². The number of rotatable bonds is 6. The molecule has 1 aliphatic rings. The van der Waals surface area contributed by atoms with Gasteiger partial charge in [-0.05, 0) is 66.9 Å². The maximum absolute atomic E-state index is 13.1. The van der Waals surface area contributed by atoms with Crippen LogP contribution in [0.4, 0.5) is 14.9 Å². The number of amides is 3. The zero-order chi connectivity index (χ0) is 24.6. The molecule has 3 aromatic carbocycles. The first-order chi connectivity index (χ1) is 17.0. The van der Waals surface area contributed by atoms with Gasteiger partial charge in [0.25, 0.3) is 5.91 Å². The van der Waals surface area contributed by atoms with Gasteiger partial charge in [0.15, 0.2) is 0 Å². The quantitative estimate of drug-likeness (QED) is 0.497. The standard InChI is InChI=1S/C27H28FN3O4/c28-21-10-12-22(13-11-21)29-27(34)31-16-4-7-25(32)24(17-31)30-26(33)20-8-14-23(15-9-20)35-18-19-5-2-1-3-6-19/h1-3,5-6,8-15,24-25,32H,4,7,16-18H2,(H,29,34)(H,30,33). The molecule has 1 heterocycles. The Morgan fingerprint density at radius 3 is 2.43 bits per heavy atom. The molecule has 7 nitrogen and oxygen atoms in total. The van der Waals surface area contributed by atoms with Crippen LogP contribution >= 0.6 is 0 Å². The molecular formula is C27H28FN3O4. The lowest BCUT2D eigenvalue weighted by molar-refractivity contribution is 0.0811. The molecule has 3 N–H and O–H groups in total. The number of carbonyl (C=O) groups is 2. The highest BCUT2D eigenvalue weighted by Crippen LogP contribution is 2.17. The molecule has 2 unspecified atom stereocenters. The van der Waals surface area contributed by atoms with Gasteiger partial charge in [-0.25, -0.2) is 9.18 Å². The molecule has 8 heteroatoms. The second kappa shape index (κ2) is 11.5. The van der Waals surface area contributed by atoms with Crippen LogP contribution in [0.3, 0.4) is 0 Å². The molecule has 1 saturated heterocycles. The summed E-state index contributed by atoms with van der Waals surface area (Å²) in [4.78, 5) is 27.1. The zero-order valence-electron chi connectivity index (χ0n) is 19.2. The van der Waals surface area contributed by atoms with E-state index in [4.69, 9.17) is 4.74 Å². The van der Waals surface area contributed by atoms with Crippen molar-refractivity contribution in [1.29, 1.82) is 0 Å². The van der Waals surface area contributed by atoms with Gasteiger partial charge in [0.2, 0.25) is 0 Å². The van der Waals surface area contributed by atoms with Gasteiger partial charge < -0.3 is 25.4 Å². The predicted octanol–water partition coefficient (Wildman–Crippen LogP) is 4.19. The van der Waals surface area contributed by atoms with E-state index in [1.165, 1.54) is 24.3 Å². The Labute approximate surface area is 203 Å². The molecule has 4 rings (SSSR count). The van der Waals surface area contributed by atoms with Crippen molar-refractivity contribution in [3.8, 4) is 5.75 Å². The number of benzene rings is 3. The fourth-order valence-corrected chi connectivity index (χ4v) is 3.90. The average molecular weight is 478 g/mol. The maximum atomic E-state index is 13.1. The monoisotopic (exact) mass is 477 g/mol. The van der Waals surface area contributed by atoms with Crippen LogP contribution in [0.5, 0.6) is 5.75 Å². The number of nitrogens with one attached hydrogen (secondary N) is 2. The second-order valence-electron chi connectivity index (χ2n) is 8.47. The van der Waals surface area contributed by atoms with Crippen LogP contribution < -0.4 is 15.4 Å². The maximum Gasteiger partial charge on any atom is 0.321 e. The van der Waals surface area contributed by atoms with Crippen LogP contribution in [0.1, 0.15) is 28.8 Å². The van der Waals surface area contributed by atoms with Gasteiger partial charge >= 0.3 is 6.03 Å². The summed E-state index contributed by atoms with van der Waals surface area (Å²) in [6.07, 6.45) is 0.270. The number of aliphatic hydroxyl groups is 1. The highest BCUT2D eigenvalue weighted by molar-refractivity contribution is 5.94. The summed E-state index contributed by atoms with van der Waals surface area (Å²) in [5.41, 5.74) is 1.94. The lowest BCUT2D eigenvalue weighted by atomic mass is 10.1. The molecule has 0 spiro atoms. The molecule has 35 heavy (non-hydrogen) atoms. The van der Waals surface area contributed by atoms with E-state index in [2.05, 4.69) is 10.6 Å². The van der Waals surface area contributed by atoms with Gasteiger partial charge in [0.1, 0.15) is 18.2 Å². The van der Waals surface area contributed by atoms with E-state index in [-0.39, 0.29) is 24.3 Å². The first-order valence-electron chi connectivity index (χ1n) is 11.5. The summed E-state index contributed by atoms with van der Waals surface area (Å²) in [6, 6.07) is 21.1. The van der Waals surface area contributed by atoms with Crippen LogP contribution in [-0.2, 0) is 6.61 Å². The summed E-state index contributed by atoms with van der Waals surface area (Å²) in [6.45, 7) is 1.01. The van der Waals surface area contributed by atoms with E-state index < -0.39 is 12.1 Å². The normalized spacial score (nSPS) is 17.8. The molecule has 0 radical (unpaired) electrons. The molecule has 0 bridgehead atoms. The summed E-state index contributed by atoms with van der Waals surface area (Å²) >= 11 is 0. The summed E-state index contributed by atoms with van der Waals surface area (Å²) < 4.78 is 18.9. The molecule has 182 valence electrons. The van der Waals surface area contributed by atoms with Crippen LogP contribution in [0.25, 0.3) is 0 Å². The minimum absolute atomic E-state index is 0.151. The first-order valence-corrected chi connectivity index (χ1v) is 11.5. The number of hydrogen-bond donors (Lipinski definition) is 3. The largest absolute Gasteiger partial charge is 0.489 e. The molecule has 3 amide bonds. The Bertz CT molecular complexity index is 1120. The number of urea groups is 1. The minimum atomic E-state index is -0.781. The number of likely N-dealkylation sites (tertiary alicyclic amines) is 1. The smallest absolute Gasteiger partial charge is 0.321 e. The summed E-state index contributed by atoms with van der Waals surface area (Å²) in [7, 11) is 0. The predicted molar refractivity (Wildman–Crippen MR) is 131 cm³/mol. The number of halogens is 1. The van der Waals surface area contributed by atoms with E-state index in [1.54, 1.807) is 29.2 Å². The lowest BCUT2D eigenvalue weighted by Gasteiger charge is -2.27. The van der Waals surface area contributed by atoms with Gasteiger partial charge in [-0.15, -0.1) is 0 Å². The number of nitrogens with zero attached hydrogens (tertiary/aromatic N) is 1. The molecule has 0 saturated carbocycles. The second-order valence-corrected chi connectivity index (χ2v) is 8.47. The number of carbonyl (C=O) groups excluding carboxylic acids is 2. The van der Waals surface area contributed by atoms with E-state index in [9.17, 15) is 19.1 Å². The number of aliphatic hydroxyl groups excluding tert-OH is 1. The zero-order valence-corrected chi connectivity index (χ0v) is 19.2. The molecule has 2 atom stereocenters. The third-order valence-electron chi connectivity index (χ3n) is 5.87. The van der Waals surface area contributed by atoms with Crippen molar-refractivity contribution >= 4 is 17.6 Å². The van der Waals surface area contributed by atoms with Crippen LogP contribution in [0.15, 0.2) is 78.9 Å². The van der Waals surface area contributed by atoms with Crippen molar-refractivity contribution in [2.45, 2.75) is 31.6 Å². The van der Waals surface area contributed by atoms with Crippen molar-refractivity contribution < 1.29 is 23.8 Å². The molecule has 1 fully saturated rings. The minimum Gasteiger partial charge on any atom is -0.489 e. The first kappa shape index (κ1) is 24.2. The Hall–Kier alpha value is -3.91. The molecule has 1 aliphatic heterocycles. The van der Waals surface area contributed by atoms with Gasteiger partial charge in [0.05, 0.1) is 12.1 Å². The van der Waals surface area contributed by atoms with E-state index in [1.807, 2.05) is 30.3 Å². The molecule has 0 aromatic heterocycles. The number of anilines is 1. The number of ether oxygens (including phenoxy) is 1. The lowest BCUT2D eigenvalue weighted by Crippen LogP contribution is -2.50. The van der Waals surface area contributed by atoms with Gasteiger partial charge in [-0.1, -0.05) is 30.3 Å². The highest BCUT2D eigenvalue weighted by atomic mass is 19.1. The fourth-order valence-electron chi connectivity index (χ4n) is 3.90. The highest BCUT2D eigenvalue weighted by Gasteiger charge is 2.29. The molecule has 3 aromatic rings. The van der Waals surface area contributed by atoms with Crippen molar-refractivity contribution in [2.75, 3.05) is 18.4 Å². The fraction of sp³-hybridized carbons (Fsp3) is 0.259. The summed E-state index contributed by atoms with van der Waals surface area (Å²) in [5, 5.41) is 16.1. The average Bonchev–Trinajstić information content (AvgIpc) is 3.06. The molecule has 0 aliphatic carbocycles. The van der Waals surface area contributed by atoms with Crippen molar-refractivity contribution in [3.63, 3.8) is 0 Å². The van der Waals surface area contributed by atoms with E-state index in [0.29, 0.717) is 43.0 Å². The number of hydrogen-bond acceptors (Lipinski definition) is 4. The van der Waals surface area contributed by atoms with Gasteiger partial charge in [-0.2, -0.15) is 0 Å². The van der Waals surface area contributed by atoms with E-state index in [0.717, 1.165) is 5.56 Å². The molecular weight excluding hydrogens is 449 g/mol. The summed E-state index contributed by atoms with van der Waals surface area (Å²) in [5.74, 6) is -0.0903. The Morgan fingerprint density at radius 2 is 1.71 bits per heavy atom. The Balaban J connectivity index is 1.34. The van der Waals surface area contributed by atoms with Gasteiger partial charge in [0, 0.05) is 24.3 Å². The van der Waals surface area contributed by atoms with Crippen LogP contribution in [0, 0.1) is 5.82 Å². The Morgan fingerprint density at radius 1 is 1.00 bits per heavy atom. The third kappa shape index (κ3) is 6.80. The van der Waals surface area contributed by atoms with Crippen LogP contribution in [-0.4, -0.2) is 47.2 Å². The van der Waals surface area contributed by atoms with Gasteiger partial charge in [-0.3, -0.25) is 4.79 Å².